The lowest BCUT2D eigenvalue weighted by Crippen LogP contribution is -2.19. The second-order valence-electron chi connectivity index (χ2n) is 3.47. The molecule has 12 heavy (non-hydrogen) atoms. The zero-order chi connectivity index (χ0) is 8.97. The monoisotopic (exact) mass is 187 g/mol. The van der Waals surface area contributed by atoms with E-state index >= 15 is 0 Å². The van der Waals surface area contributed by atoms with E-state index in [1.165, 1.54) is 25.7 Å². The van der Waals surface area contributed by atoms with E-state index in [9.17, 15) is 0 Å². The van der Waals surface area contributed by atoms with Crippen molar-refractivity contribution in [2.75, 3.05) is 0 Å². The maximum atomic E-state index is 5.53. The second kappa shape index (κ2) is 4.60. The van der Waals surface area contributed by atoms with Crippen molar-refractivity contribution >= 4 is 16.9 Å². The Kier molecular flexibility index (Phi) is 3.72. The summed E-state index contributed by atoms with van der Waals surface area (Å²) in [7, 11) is 0. The Morgan fingerprint density at radius 3 is 2.42 bits per heavy atom. The van der Waals surface area contributed by atoms with E-state index in [4.69, 9.17) is 11.6 Å². The van der Waals surface area contributed by atoms with Gasteiger partial charge in [0.05, 0.1) is 0 Å². The molecule has 0 radical (unpaired) electrons. The number of rotatable bonds is 1. The first-order chi connectivity index (χ1) is 5.72. The third-order valence-corrected chi connectivity index (χ3v) is 3.53. The van der Waals surface area contributed by atoms with Crippen molar-refractivity contribution in [2.45, 2.75) is 37.9 Å². The number of hydrogen-bond acceptors (Lipinski definition) is 3. The first kappa shape index (κ1) is 9.71. The molecule has 0 aromatic heterocycles. The average molecular weight is 187 g/mol. The van der Waals surface area contributed by atoms with Crippen LogP contribution in [0.3, 0.4) is 0 Å². The summed E-state index contributed by atoms with van der Waals surface area (Å²) in [6.07, 6.45) is 5.13. The lowest BCUT2D eigenvalue weighted by atomic mass is 9.91. The van der Waals surface area contributed by atoms with E-state index in [0.717, 1.165) is 5.92 Å². The van der Waals surface area contributed by atoms with Crippen LogP contribution >= 0.6 is 11.8 Å². The number of nitrogens with zero attached hydrogens (tertiary/aromatic N) is 1. The predicted octanol–water partition coefficient (Wildman–Crippen LogP) is 1.49. The van der Waals surface area contributed by atoms with Crippen LogP contribution in [0.15, 0.2) is 5.10 Å². The molecular weight excluding hydrogens is 170 g/mol. The fourth-order valence-electron chi connectivity index (χ4n) is 1.55. The van der Waals surface area contributed by atoms with Gasteiger partial charge in [-0.25, -0.2) is 0 Å². The summed E-state index contributed by atoms with van der Waals surface area (Å²) in [5, 5.41) is 4.63. The molecule has 0 amide bonds. The van der Waals surface area contributed by atoms with E-state index in [-0.39, 0.29) is 0 Å². The zero-order valence-corrected chi connectivity index (χ0v) is 8.31. The minimum absolute atomic E-state index is 0.523. The van der Waals surface area contributed by atoms with Crippen LogP contribution in [0.5, 0.6) is 0 Å². The molecule has 0 aromatic carbocycles. The number of hydrazone groups is 1. The summed E-state index contributed by atoms with van der Waals surface area (Å²) in [5.74, 6) is 5.95. The summed E-state index contributed by atoms with van der Waals surface area (Å²) in [5.41, 5.74) is 5.53. The highest BCUT2D eigenvalue weighted by Crippen LogP contribution is 2.31. The van der Waals surface area contributed by atoms with Crippen LogP contribution in [-0.2, 0) is 0 Å². The van der Waals surface area contributed by atoms with Gasteiger partial charge in [0.1, 0.15) is 0 Å². The molecule has 1 saturated carbocycles. The summed E-state index contributed by atoms with van der Waals surface area (Å²) in [4.78, 5) is 0. The summed E-state index contributed by atoms with van der Waals surface area (Å²) < 4.78 is 0. The molecule has 1 fully saturated rings. The van der Waals surface area contributed by atoms with Gasteiger partial charge in [-0.05, 0) is 31.6 Å². The Morgan fingerprint density at radius 2 is 1.92 bits per heavy atom. The van der Waals surface area contributed by atoms with E-state index in [2.05, 4.69) is 12.0 Å². The van der Waals surface area contributed by atoms with Crippen molar-refractivity contribution in [3.05, 3.63) is 0 Å². The highest BCUT2D eigenvalue weighted by Gasteiger charge is 2.19. The summed E-state index contributed by atoms with van der Waals surface area (Å²) in [6, 6.07) is 0. The van der Waals surface area contributed by atoms with E-state index in [1.54, 1.807) is 11.8 Å². The van der Waals surface area contributed by atoms with Crippen molar-refractivity contribution in [3.63, 3.8) is 0 Å². The average Bonchev–Trinajstić information content (AvgIpc) is 2.09. The van der Waals surface area contributed by atoms with Crippen LogP contribution in [0.2, 0.25) is 0 Å². The van der Waals surface area contributed by atoms with Gasteiger partial charge in [-0.15, -0.1) is 0 Å². The van der Waals surface area contributed by atoms with E-state index in [0.29, 0.717) is 10.4 Å². The largest absolute Gasteiger partial charge is 0.377 e. The van der Waals surface area contributed by atoms with Gasteiger partial charge in [-0.1, -0.05) is 18.7 Å². The molecule has 0 unspecified atom stereocenters. The van der Waals surface area contributed by atoms with Gasteiger partial charge in [0.15, 0.2) is 5.17 Å². The Labute approximate surface area is 78.0 Å². The van der Waals surface area contributed by atoms with E-state index in [1.807, 2.05) is 0 Å². The SMILES string of the molecule is CC1CCC(SC(N)=NN)CC1. The zero-order valence-electron chi connectivity index (χ0n) is 7.49. The molecule has 0 aromatic rings. The molecule has 0 atom stereocenters. The normalized spacial score (nSPS) is 31.9. The summed E-state index contributed by atoms with van der Waals surface area (Å²) >= 11 is 1.63. The Balaban J connectivity index is 2.26. The molecule has 0 aliphatic heterocycles. The molecule has 70 valence electrons. The molecule has 1 rings (SSSR count). The van der Waals surface area contributed by atoms with Crippen molar-refractivity contribution in [2.24, 2.45) is 22.6 Å². The van der Waals surface area contributed by atoms with Crippen LogP contribution in [-0.4, -0.2) is 10.4 Å². The Morgan fingerprint density at radius 1 is 1.33 bits per heavy atom. The Bertz CT molecular complexity index is 162. The second-order valence-corrected chi connectivity index (χ2v) is 4.79. The molecule has 1 aliphatic carbocycles. The fraction of sp³-hybridized carbons (Fsp3) is 0.875. The topological polar surface area (TPSA) is 64.4 Å². The van der Waals surface area contributed by atoms with Crippen molar-refractivity contribution < 1.29 is 0 Å². The fourth-order valence-corrected chi connectivity index (χ4v) is 2.46. The minimum Gasteiger partial charge on any atom is -0.377 e. The van der Waals surface area contributed by atoms with Gasteiger partial charge in [0.2, 0.25) is 0 Å². The van der Waals surface area contributed by atoms with Crippen molar-refractivity contribution in [1.29, 1.82) is 0 Å². The number of hydrogen-bond donors (Lipinski definition) is 2. The molecular formula is C8H17N3S. The van der Waals surface area contributed by atoms with Crippen LogP contribution in [0.4, 0.5) is 0 Å². The molecule has 4 heteroatoms. The standard InChI is InChI=1S/C8H17N3S/c1-6-2-4-7(5-3-6)12-8(9)11-10/h6-7H,2-5,10H2,1H3,(H2,9,11). The van der Waals surface area contributed by atoms with Crippen molar-refractivity contribution in [3.8, 4) is 0 Å². The number of thioether (sulfide) groups is 1. The maximum absolute atomic E-state index is 5.53. The third-order valence-electron chi connectivity index (χ3n) is 2.38. The van der Waals surface area contributed by atoms with E-state index < -0.39 is 0 Å². The van der Waals surface area contributed by atoms with Crippen LogP contribution in [0, 0.1) is 5.92 Å². The first-order valence-electron chi connectivity index (χ1n) is 4.42. The first-order valence-corrected chi connectivity index (χ1v) is 5.30. The minimum atomic E-state index is 0.523. The van der Waals surface area contributed by atoms with Crippen LogP contribution < -0.4 is 11.6 Å². The Hall–Kier alpha value is -0.380. The molecule has 3 nitrogen and oxygen atoms in total. The van der Waals surface area contributed by atoms with Gasteiger partial charge in [0.25, 0.3) is 0 Å². The predicted molar refractivity (Wildman–Crippen MR) is 54.8 cm³/mol. The quantitative estimate of drug-likeness (QED) is 0.283. The molecule has 0 saturated heterocycles. The van der Waals surface area contributed by atoms with Crippen molar-refractivity contribution in [1.82, 2.24) is 0 Å². The molecule has 1 aliphatic rings. The highest BCUT2D eigenvalue weighted by atomic mass is 32.2. The summed E-state index contributed by atoms with van der Waals surface area (Å²) in [6.45, 7) is 2.31. The lowest BCUT2D eigenvalue weighted by molar-refractivity contribution is 0.394. The number of amidine groups is 1. The number of nitrogens with two attached hydrogens (primary N) is 2. The molecule has 0 bridgehead atoms. The highest BCUT2D eigenvalue weighted by molar-refractivity contribution is 8.14. The molecule has 0 spiro atoms. The van der Waals surface area contributed by atoms with Crippen LogP contribution in [0.1, 0.15) is 32.6 Å². The molecule has 0 heterocycles. The van der Waals surface area contributed by atoms with Crippen LogP contribution in [0.25, 0.3) is 0 Å². The van der Waals surface area contributed by atoms with Gasteiger partial charge in [0, 0.05) is 5.25 Å². The van der Waals surface area contributed by atoms with Gasteiger partial charge in [-0.2, -0.15) is 5.10 Å². The van der Waals surface area contributed by atoms with Gasteiger partial charge in [-0.3, -0.25) is 0 Å². The maximum Gasteiger partial charge on any atom is 0.177 e. The third kappa shape index (κ3) is 2.93. The molecule has 4 N–H and O–H groups in total. The lowest BCUT2D eigenvalue weighted by Gasteiger charge is -2.24. The van der Waals surface area contributed by atoms with Gasteiger partial charge >= 0.3 is 0 Å². The smallest absolute Gasteiger partial charge is 0.177 e. The van der Waals surface area contributed by atoms with Gasteiger partial charge < -0.3 is 11.6 Å².